The molecule has 0 aliphatic carbocycles. The second kappa shape index (κ2) is 7.78. The standard InChI is InChI=1S/C17H12N6O4/c24-22(25)13-10-15(23(26)27)17(19-11-13)21-20-16(12-6-2-1-3-7-12)14-8-4-5-9-18-14/h1-11H,(H,19,21)/b20-16-. The lowest BCUT2D eigenvalue weighted by Gasteiger charge is -2.07. The van der Waals surface area contributed by atoms with Gasteiger partial charge in [0.2, 0.25) is 5.82 Å². The maximum Gasteiger partial charge on any atom is 0.320 e. The number of benzene rings is 1. The zero-order valence-corrected chi connectivity index (χ0v) is 13.7. The molecule has 0 unspecified atom stereocenters. The largest absolute Gasteiger partial charge is 0.320 e. The second-order valence-corrected chi connectivity index (χ2v) is 5.23. The molecular weight excluding hydrogens is 352 g/mol. The van der Waals surface area contributed by atoms with Gasteiger partial charge in [-0.2, -0.15) is 5.10 Å². The summed E-state index contributed by atoms with van der Waals surface area (Å²) in [5.41, 5.74) is 3.20. The molecule has 1 N–H and O–H groups in total. The van der Waals surface area contributed by atoms with Crippen LogP contribution in [0.15, 0.2) is 72.1 Å². The Bertz CT molecular complexity index is 967. The predicted octanol–water partition coefficient (Wildman–Crippen LogP) is 3.16. The van der Waals surface area contributed by atoms with Crippen molar-refractivity contribution in [2.75, 3.05) is 5.43 Å². The molecule has 27 heavy (non-hydrogen) atoms. The van der Waals surface area contributed by atoms with Crippen LogP contribution in [0.2, 0.25) is 0 Å². The average Bonchev–Trinajstić information content (AvgIpc) is 2.69. The van der Waals surface area contributed by atoms with Crippen LogP contribution in [0.1, 0.15) is 11.3 Å². The summed E-state index contributed by atoms with van der Waals surface area (Å²) in [4.78, 5) is 28.5. The highest BCUT2D eigenvalue weighted by Crippen LogP contribution is 2.26. The molecule has 0 saturated heterocycles. The second-order valence-electron chi connectivity index (χ2n) is 5.23. The Morgan fingerprint density at radius 3 is 2.33 bits per heavy atom. The van der Waals surface area contributed by atoms with Crippen molar-refractivity contribution in [2.24, 2.45) is 5.10 Å². The van der Waals surface area contributed by atoms with Crippen LogP contribution in [0, 0.1) is 20.2 Å². The Hall–Kier alpha value is -4.21. The van der Waals surface area contributed by atoms with Crippen molar-refractivity contribution in [3.05, 3.63) is 98.5 Å². The molecule has 0 radical (unpaired) electrons. The van der Waals surface area contributed by atoms with Crippen molar-refractivity contribution in [2.45, 2.75) is 0 Å². The molecule has 0 fully saturated rings. The van der Waals surface area contributed by atoms with Crippen molar-refractivity contribution >= 4 is 22.9 Å². The number of nitrogens with one attached hydrogen (secondary N) is 1. The van der Waals surface area contributed by atoms with E-state index in [1.807, 2.05) is 30.3 Å². The van der Waals surface area contributed by atoms with Gasteiger partial charge in [-0.25, -0.2) is 4.98 Å². The molecular formula is C17H12N6O4. The molecule has 3 aromatic rings. The van der Waals surface area contributed by atoms with Crippen LogP contribution < -0.4 is 5.43 Å². The summed E-state index contributed by atoms with van der Waals surface area (Å²) in [7, 11) is 0. The number of rotatable bonds is 6. The van der Waals surface area contributed by atoms with Crippen LogP contribution in [0.25, 0.3) is 0 Å². The zero-order valence-electron chi connectivity index (χ0n) is 13.7. The fourth-order valence-corrected chi connectivity index (χ4v) is 2.25. The minimum atomic E-state index is -0.763. The molecule has 3 rings (SSSR count). The average molecular weight is 364 g/mol. The van der Waals surface area contributed by atoms with Crippen LogP contribution in [-0.4, -0.2) is 25.5 Å². The molecule has 1 aromatic carbocycles. The Balaban J connectivity index is 2.03. The van der Waals surface area contributed by atoms with Crippen molar-refractivity contribution in [1.29, 1.82) is 0 Å². The molecule has 10 heteroatoms. The first-order valence-electron chi connectivity index (χ1n) is 7.65. The SMILES string of the molecule is O=[N+]([O-])c1cnc(N/N=C(/c2ccccc2)c2ccccn2)c([N+](=O)[O-])c1. The van der Waals surface area contributed by atoms with E-state index in [1.54, 1.807) is 24.4 Å². The third kappa shape index (κ3) is 4.07. The van der Waals surface area contributed by atoms with E-state index in [0.29, 0.717) is 11.4 Å². The number of hydrogen-bond acceptors (Lipinski definition) is 8. The Labute approximate surface area is 152 Å². The van der Waals surface area contributed by atoms with E-state index in [-0.39, 0.29) is 5.82 Å². The molecule has 10 nitrogen and oxygen atoms in total. The Kier molecular flexibility index (Phi) is 5.07. The van der Waals surface area contributed by atoms with Gasteiger partial charge in [-0.3, -0.25) is 30.6 Å². The van der Waals surface area contributed by atoms with Gasteiger partial charge in [-0.1, -0.05) is 36.4 Å². The van der Waals surface area contributed by atoms with Gasteiger partial charge >= 0.3 is 5.69 Å². The first-order chi connectivity index (χ1) is 13.1. The molecule has 0 atom stereocenters. The van der Waals surface area contributed by atoms with Crippen LogP contribution in [0.5, 0.6) is 0 Å². The smallest absolute Gasteiger partial charge is 0.258 e. The maximum atomic E-state index is 11.2. The van der Waals surface area contributed by atoms with Gasteiger partial charge in [0.05, 0.1) is 21.6 Å². The molecule has 0 spiro atoms. The summed E-state index contributed by atoms with van der Waals surface area (Å²) in [5, 5.41) is 26.3. The van der Waals surface area contributed by atoms with Gasteiger partial charge in [0.25, 0.3) is 5.69 Å². The minimum absolute atomic E-state index is 0.213. The summed E-state index contributed by atoms with van der Waals surface area (Å²) >= 11 is 0. The van der Waals surface area contributed by atoms with Gasteiger partial charge in [0.1, 0.15) is 11.9 Å². The zero-order chi connectivity index (χ0) is 19.2. The molecule has 0 bridgehead atoms. The molecule has 0 amide bonds. The summed E-state index contributed by atoms with van der Waals surface area (Å²) in [6, 6.07) is 15.2. The van der Waals surface area contributed by atoms with Gasteiger partial charge < -0.3 is 0 Å². The monoisotopic (exact) mass is 364 g/mol. The highest BCUT2D eigenvalue weighted by Gasteiger charge is 2.21. The van der Waals surface area contributed by atoms with Crippen molar-refractivity contribution in [3.8, 4) is 0 Å². The number of aromatic nitrogens is 2. The first-order valence-corrected chi connectivity index (χ1v) is 7.65. The number of nitro groups is 2. The number of pyridine rings is 2. The summed E-state index contributed by atoms with van der Waals surface area (Å²) < 4.78 is 0. The number of nitrogens with zero attached hydrogens (tertiary/aromatic N) is 5. The maximum absolute atomic E-state index is 11.2. The van der Waals surface area contributed by atoms with E-state index >= 15 is 0 Å². The van der Waals surface area contributed by atoms with Crippen molar-refractivity contribution in [3.63, 3.8) is 0 Å². The third-order valence-electron chi connectivity index (χ3n) is 3.49. The van der Waals surface area contributed by atoms with Crippen LogP contribution in [0.3, 0.4) is 0 Å². The highest BCUT2D eigenvalue weighted by atomic mass is 16.6. The number of hydrazone groups is 1. The number of anilines is 1. The lowest BCUT2D eigenvalue weighted by molar-refractivity contribution is -0.394. The molecule has 0 aliphatic heterocycles. The van der Waals surface area contributed by atoms with Gasteiger partial charge in [0.15, 0.2) is 0 Å². The normalized spacial score (nSPS) is 11.0. The van der Waals surface area contributed by atoms with E-state index in [4.69, 9.17) is 0 Å². The van der Waals surface area contributed by atoms with Gasteiger partial charge in [-0.15, -0.1) is 0 Å². The lowest BCUT2D eigenvalue weighted by Crippen LogP contribution is -2.09. The molecule has 0 saturated carbocycles. The van der Waals surface area contributed by atoms with Gasteiger partial charge in [-0.05, 0) is 12.1 Å². The molecule has 2 heterocycles. The quantitative estimate of drug-likeness (QED) is 0.403. The Morgan fingerprint density at radius 2 is 1.70 bits per heavy atom. The summed E-state index contributed by atoms with van der Waals surface area (Å²) in [5.74, 6) is -0.213. The topological polar surface area (TPSA) is 136 Å². The molecule has 2 aromatic heterocycles. The van der Waals surface area contributed by atoms with Crippen LogP contribution >= 0.6 is 0 Å². The summed E-state index contributed by atoms with van der Waals surface area (Å²) in [6.07, 6.45) is 2.52. The highest BCUT2D eigenvalue weighted by molar-refractivity contribution is 6.11. The number of hydrogen-bond donors (Lipinski definition) is 1. The lowest BCUT2D eigenvalue weighted by atomic mass is 10.1. The van der Waals surface area contributed by atoms with E-state index < -0.39 is 21.2 Å². The van der Waals surface area contributed by atoms with Crippen LogP contribution in [0.4, 0.5) is 17.2 Å². The fraction of sp³-hybridized carbons (Fsp3) is 0. The van der Waals surface area contributed by atoms with E-state index in [0.717, 1.165) is 17.8 Å². The van der Waals surface area contributed by atoms with E-state index in [1.165, 1.54) is 0 Å². The van der Waals surface area contributed by atoms with E-state index in [2.05, 4.69) is 20.5 Å². The van der Waals surface area contributed by atoms with Crippen LogP contribution in [-0.2, 0) is 0 Å². The Morgan fingerprint density at radius 1 is 0.963 bits per heavy atom. The molecule has 0 aliphatic rings. The minimum Gasteiger partial charge on any atom is -0.258 e. The van der Waals surface area contributed by atoms with Crippen molar-refractivity contribution in [1.82, 2.24) is 9.97 Å². The van der Waals surface area contributed by atoms with Gasteiger partial charge in [0, 0.05) is 11.8 Å². The fourth-order valence-electron chi connectivity index (χ4n) is 2.25. The summed E-state index contributed by atoms with van der Waals surface area (Å²) in [6.45, 7) is 0. The van der Waals surface area contributed by atoms with Crippen molar-refractivity contribution < 1.29 is 9.85 Å². The molecule has 134 valence electrons. The predicted molar refractivity (Wildman–Crippen MR) is 97.5 cm³/mol. The third-order valence-corrected chi connectivity index (χ3v) is 3.49. The van der Waals surface area contributed by atoms with E-state index in [9.17, 15) is 20.2 Å². The first kappa shape index (κ1) is 17.6.